The molecular formula is C16H26Cl2N4O2S. The molecule has 0 unspecified atom stereocenters. The molecule has 0 atom stereocenters. The van der Waals surface area contributed by atoms with E-state index < -0.39 is 0 Å². The number of nitrogens with one attached hydrogen (secondary N) is 2. The molecule has 4 N–H and O–H groups in total. The zero-order chi connectivity index (χ0) is 16.7. The van der Waals surface area contributed by atoms with Gasteiger partial charge in [-0.05, 0) is 24.1 Å². The second kappa shape index (κ2) is 12.4. The monoisotopic (exact) mass is 408 g/mol. The highest BCUT2D eigenvalue weighted by molar-refractivity contribution is 7.99. The Morgan fingerprint density at radius 2 is 1.88 bits per heavy atom. The number of aryl methyl sites for hydroxylation is 1. The number of halogens is 2. The van der Waals surface area contributed by atoms with Crippen LogP contribution in [0.4, 0.5) is 5.69 Å². The van der Waals surface area contributed by atoms with Gasteiger partial charge in [-0.3, -0.25) is 14.5 Å². The summed E-state index contributed by atoms with van der Waals surface area (Å²) in [6.07, 6.45) is 0. The molecule has 1 aromatic rings. The molecule has 1 saturated heterocycles. The Balaban J connectivity index is 0.00000288. The maximum Gasteiger partial charge on any atom is 0.243 e. The van der Waals surface area contributed by atoms with Gasteiger partial charge in [0.2, 0.25) is 11.8 Å². The molecule has 0 bridgehead atoms. The molecule has 25 heavy (non-hydrogen) atoms. The third-order valence-corrected chi connectivity index (χ3v) is 4.65. The van der Waals surface area contributed by atoms with Gasteiger partial charge in [0.25, 0.3) is 0 Å². The minimum atomic E-state index is -0.341. The van der Waals surface area contributed by atoms with Gasteiger partial charge in [-0.2, -0.15) is 11.8 Å². The molecule has 0 radical (unpaired) electrons. The Kier molecular flexibility index (Phi) is 11.9. The highest BCUT2D eigenvalue weighted by atomic mass is 35.5. The van der Waals surface area contributed by atoms with Gasteiger partial charge in [-0.15, -0.1) is 24.8 Å². The number of amides is 2. The average molecular weight is 409 g/mol. The van der Waals surface area contributed by atoms with Gasteiger partial charge in [0, 0.05) is 36.8 Å². The SMILES string of the molecule is Cc1cc(CN2CCSCC2)ccc1NC(=O)CNC(=O)CN.Cl.Cl. The number of rotatable bonds is 6. The number of hydrogen-bond donors (Lipinski definition) is 3. The number of carbonyl (C=O) groups is 2. The molecule has 0 aromatic heterocycles. The lowest BCUT2D eigenvalue weighted by Gasteiger charge is -2.26. The van der Waals surface area contributed by atoms with Gasteiger partial charge in [-0.1, -0.05) is 12.1 Å². The quantitative estimate of drug-likeness (QED) is 0.661. The number of anilines is 1. The molecule has 142 valence electrons. The Labute approximate surface area is 165 Å². The van der Waals surface area contributed by atoms with Crippen molar-refractivity contribution in [2.24, 2.45) is 5.73 Å². The van der Waals surface area contributed by atoms with Crippen molar-refractivity contribution in [3.05, 3.63) is 29.3 Å². The number of hydrogen-bond acceptors (Lipinski definition) is 5. The second-order valence-corrected chi connectivity index (χ2v) is 6.79. The molecule has 9 heteroatoms. The zero-order valence-corrected chi connectivity index (χ0v) is 16.7. The maximum atomic E-state index is 11.8. The standard InChI is InChI=1S/C16H24N4O2S.2ClH/c1-12-8-13(11-20-4-6-23-7-5-20)2-3-14(12)19-16(22)10-18-15(21)9-17;;/h2-3,8H,4-7,9-11,17H2,1H3,(H,18,21)(H,19,22);2*1H. The van der Waals surface area contributed by atoms with E-state index in [1.165, 1.54) is 17.1 Å². The summed E-state index contributed by atoms with van der Waals surface area (Å²) in [6.45, 7) is 5.00. The molecule has 0 saturated carbocycles. The first-order valence-corrected chi connectivity index (χ1v) is 8.90. The first-order chi connectivity index (χ1) is 11.1. The lowest BCUT2D eigenvalue weighted by molar-refractivity contribution is -0.123. The van der Waals surface area contributed by atoms with Gasteiger partial charge >= 0.3 is 0 Å². The molecule has 1 aliphatic rings. The third-order valence-electron chi connectivity index (χ3n) is 3.71. The largest absolute Gasteiger partial charge is 0.346 e. The summed E-state index contributed by atoms with van der Waals surface area (Å²) >= 11 is 2.00. The van der Waals surface area contributed by atoms with Crippen LogP contribution in [-0.4, -0.2) is 54.4 Å². The van der Waals surface area contributed by atoms with Crippen LogP contribution >= 0.6 is 36.6 Å². The summed E-state index contributed by atoms with van der Waals surface area (Å²) in [6, 6.07) is 6.07. The topological polar surface area (TPSA) is 87.5 Å². The third kappa shape index (κ3) is 8.29. The number of thioether (sulfide) groups is 1. The smallest absolute Gasteiger partial charge is 0.243 e. The Bertz CT molecular complexity index is 569. The lowest BCUT2D eigenvalue weighted by atomic mass is 10.1. The molecule has 2 amide bonds. The van der Waals surface area contributed by atoms with E-state index in [4.69, 9.17) is 5.73 Å². The molecule has 2 rings (SSSR count). The van der Waals surface area contributed by atoms with Gasteiger partial charge in [0.1, 0.15) is 0 Å². The fraction of sp³-hybridized carbons (Fsp3) is 0.500. The van der Waals surface area contributed by atoms with Crippen LogP contribution in [0, 0.1) is 6.92 Å². The van der Waals surface area contributed by atoms with Crippen molar-refractivity contribution in [2.45, 2.75) is 13.5 Å². The number of nitrogens with two attached hydrogens (primary N) is 1. The highest BCUT2D eigenvalue weighted by Gasteiger charge is 2.12. The summed E-state index contributed by atoms with van der Waals surface area (Å²) in [5.41, 5.74) is 8.23. The first kappa shape index (κ1) is 24.0. The van der Waals surface area contributed by atoms with Gasteiger partial charge < -0.3 is 16.4 Å². The average Bonchev–Trinajstić information content (AvgIpc) is 2.56. The molecule has 0 aliphatic carbocycles. The van der Waals surface area contributed by atoms with Crippen LogP contribution < -0.4 is 16.4 Å². The van der Waals surface area contributed by atoms with E-state index >= 15 is 0 Å². The fourth-order valence-electron chi connectivity index (χ4n) is 2.43. The van der Waals surface area contributed by atoms with Crippen LogP contribution in [0.1, 0.15) is 11.1 Å². The van der Waals surface area contributed by atoms with Crippen LogP contribution in [0.2, 0.25) is 0 Å². The van der Waals surface area contributed by atoms with E-state index in [0.29, 0.717) is 0 Å². The Hall–Kier alpha value is -0.990. The summed E-state index contributed by atoms with van der Waals surface area (Å²) in [4.78, 5) is 25.3. The predicted molar refractivity (Wildman–Crippen MR) is 109 cm³/mol. The predicted octanol–water partition coefficient (Wildman–Crippen LogP) is 1.40. The molecule has 1 heterocycles. The summed E-state index contributed by atoms with van der Waals surface area (Å²) in [5, 5.41) is 5.26. The summed E-state index contributed by atoms with van der Waals surface area (Å²) in [7, 11) is 0. The molecule has 0 spiro atoms. The molecule has 1 aliphatic heterocycles. The van der Waals surface area contributed by atoms with Gasteiger partial charge in [0.05, 0.1) is 13.1 Å². The van der Waals surface area contributed by atoms with E-state index in [9.17, 15) is 9.59 Å². The van der Waals surface area contributed by atoms with E-state index in [1.54, 1.807) is 0 Å². The van der Waals surface area contributed by atoms with Crippen molar-refractivity contribution < 1.29 is 9.59 Å². The van der Waals surface area contributed by atoms with Crippen LogP contribution in [0.5, 0.6) is 0 Å². The lowest BCUT2D eigenvalue weighted by Crippen LogP contribution is -2.36. The fourth-order valence-corrected chi connectivity index (χ4v) is 3.41. The molecule has 6 nitrogen and oxygen atoms in total. The number of carbonyl (C=O) groups excluding carboxylic acids is 2. The van der Waals surface area contributed by atoms with Gasteiger partial charge in [-0.25, -0.2) is 0 Å². The van der Waals surface area contributed by atoms with Crippen LogP contribution in [-0.2, 0) is 16.1 Å². The van der Waals surface area contributed by atoms with Crippen LogP contribution in [0.25, 0.3) is 0 Å². The molecule has 1 aromatic carbocycles. The van der Waals surface area contributed by atoms with Crippen LogP contribution in [0.15, 0.2) is 18.2 Å². The van der Waals surface area contributed by atoms with E-state index in [1.807, 2.05) is 30.8 Å². The molecular weight excluding hydrogens is 383 g/mol. The minimum absolute atomic E-state index is 0. The first-order valence-electron chi connectivity index (χ1n) is 7.74. The van der Waals surface area contributed by atoms with Crippen molar-refractivity contribution >= 4 is 54.1 Å². The summed E-state index contributed by atoms with van der Waals surface area (Å²) in [5.74, 6) is 1.80. The summed E-state index contributed by atoms with van der Waals surface area (Å²) < 4.78 is 0. The second-order valence-electron chi connectivity index (χ2n) is 5.57. The van der Waals surface area contributed by atoms with E-state index in [0.717, 1.165) is 30.9 Å². The van der Waals surface area contributed by atoms with Crippen molar-refractivity contribution in [3.8, 4) is 0 Å². The zero-order valence-electron chi connectivity index (χ0n) is 14.2. The Morgan fingerprint density at radius 1 is 1.20 bits per heavy atom. The van der Waals surface area contributed by atoms with E-state index in [-0.39, 0.29) is 49.7 Å². The Morgan fingerprint density at radius 3 is 2.48 bits per heavy atom. The number of nitrogens with zero attached hydrogens (tertiary/aromatic N) is 1. The minimum Gasteiger partial charge on any atom is -0.346 e. The maximum absolute atomic E-state index is 11.8. The van der Waals surface area contributed by atoms with E-state index in [2.05, 4.69) is 21.6 Å². The molecule has 1 fully saturated rings. The van der Waals surface area contributed by atoms with Crippen molar-refractivity contribution in [1.29, 1.82) is 0 Å². The van der Waals surface area contributed by atoms with Crippen molar-refractivity contribution in [1.82, 2.24) is 10.2 Å². The van der Waals surface area contributed by atoms with Crippen LogP contribution in [0.3, 0.4) is 0 Å². The van der Waals surface area contributed by atoms with Crippen molar-refractivity contribution in [2.75, 3.05) is 43.0 Å². The van der Waals surface area contributed by atoms with Crippen molar-refractivity contribution in [3.63, 3.8) is 0 Å². The number of benzene rings is 1. The normalized spacial score (nSPS) is 14.0. The highest BCUT2D eigenvalue weighted by Crippen LogP contribution is 2.19. The van der Waals surface area contributed by atoms with Gasteiger partial charge in [0.15, 0.2) is 0 Å².